The molecule has 0 aliphatic carbocycles. The van der Waals surface area contributed by atoms with E-state index in [4.69, 9.17) is 6.42 Å². The molecule has 0 radical (unpaired) electrons. The third-order valence-corrected chi connectivity index (χ3v) is 7.40. The molecule has 0 spiro atoms. The van der Waals surface area contributed by atoms with Crippen LogP contribution in [-0.2, 0) is 6.42 Å². The van der Waals surface area contributed by atoms with Gasteiger partial charge in [0.15, 0.2) is 0 Å². The zero-order chi connectivity index (χ0) is 23.8. The maximum absolute atomic E-state index is 5.68. The molecule has 0 fully saturated rings. The molecule has 0 atom stereocenters. The summed E-state index contributed by atoms with van der Waals surface area (Å²) in [5.74, 6) is 2.78. The van der Waals surface area contributed by atoms with Crippen LogP contribution in [0.1, 0.15) is 82.3 Å². The van der Waals surface area contributed by atoms with Crippen LogP contribution in [0.4, 0.5) is 0 Å². The summed E-state index contributed by atoms with van der Waals surface area (Å²) in [6.07, 6.45) is 20.7. The van der Waals surface area contributed by atoms with Crippen molar-refractivity contribution in [2.24, 2.45) is 0 Å². The number of fused-ring (bicyclic) bond motifs is 3. The summed E-state index contributed by atoms with van der Waals surface area (Å²) < 4.78 is 3.43. The number of unbranched alkanes of at least 4 members (excludes halogenated alkanes) is 9. The van der Waals surface area contributed by atoms with E-state index in [0.717, 1.165) is 10.0 Å². The van der Waals surface area contributed by atoms with Crippen molar-refractivity contribution in [1.82, 2.24) is 4.57 Å². The number of halogens is 1. The largest absolute Gasteiger partial charge is 0.309 e. The fourth-order valence-corrected chi connectivity index (χ4v) is 5.35. The Morgan fingerprint density at radius 1 is 0.706 bits per heavy atom. The topological polar surface area (TPSA) is 4.93 Å². The second-order valence-electron chi connectivity index (χ2n) is 9.47. The fourth-order valence-electron chi connectivity index (χ4n) is 4.99. The van der Waals surface area contributed by atoms with Crippen molar-refractivity contribution in [1.29, 1.82) is 0 Å². The van der Waals surface area contributed by atoms with E-state index in [1.807, 2.05) is 6.07 Å². The Hall–Kier alpha value is -2.50. The van der Waals surface area contributed by atoms with Crippen LogP contribution in [0.3, 0.4) is 0 Å². The third kappa shape index (κ3) is 5.94. The molecule has 0 aliphatic rings. The number of benzene rings is 3. The standard InChI is InChI=1S/C32H36BrN/c1-3-5-6-7-8-9-10-11-12-13-14-26-15-19-28(20-16-26)34-31-21-17-25(4-2)23-29(31)30-24-27(33)18-22-32(30)34/h2,15-24H,3,5-14H2,1H3. The van der Waals surface area contributed by atoms with Crippen molar-refractivity contribution in [3.05, 3.63) is 76.3 Å². The fraction of sp³-hybridized carbons (Fsp3) is 0.375. The van der Waals surface area contributed by atoms with Crippen LogP contribution in [-0.4, -0.2) is 4.57 Å². The van der Waals surface area contributed by atoms with Gasteiger partial charge >= 0.3 is 0 Å². The number of rotatable bonds is 12. The van der Waals surface area contributed by atoms with Gasteiger partial charge in [0, 0.05) is 26.5 Å². The Kier molecular flexibility index (Phi) is 8.89. The minimum Gasteiger partial charge on any atom is -0.309 e. The number of hydrogen-bond donors (Lipinski definition) is 0. The minimum atomic E-state index is 0.915. The van der Waals surface area contributed by atoms with Gasteiger partial charge in [0.25, 0.3) is 0 Å². The normalized spacial score (nSPS) is 11.3. The number of nitrogens with zero attached hydrogens (tertiary/aromatic N) is 1. The number of hydrogen-bond acceptors (Lipinski definition) is 0. The zero-order valence-corrected chi connectivity index (χ0v) is 22.0. The average molecular weight is 515 g/mol. The highest BCUT2D eigenvalue weighted by atomic mass is 79.9. The summed E-state index contributed by atoms with van der Waals surface area (Å²) in [6, 6.07) is 21.9. The van der Waals surface area contributed by atoms with E-state index >= 15 is 0 Å². The van der Waals surface area contributed by atoms with Gasteiger partial charge in [-0.05, 0) is 66.9 Å². The number of terminal acetylenes is 1. The van der Waals surface area contributed by atoms with Gasteiger partial charge in [-0.15, -0.1) is 6.42 Å². The molecule has 1 heterocycles. The first kappa shape index (κ1) is 24.6. The maximum Gasteiger partial charge on any atom is 0.0541 e. The first-order chi connectivity index (χ1) is 16.7. The maximum atomic E-state index is 5.68. The molecule has 1 nitrogen and oxygen atoms in total. The molecule has 0 amide bonds. The molecule has 34 heavy (non-hydrogen) atoms. The van der Waals surface area contributed by atoms with Crippen LogP contribution in [0.25, 0.3) is 27.5 Å². The van der Waals surface area contributed by atoms with Crippen molar-refractivity contribution in [2.45, 2.75) is 77.6 Å². The summed E-state index contributed by atoms with van der Waals surface area (Å²) in [5.41, 5.74) is 5.94. The van der Waals surface area contributed by atoms with Gasteiger partial charge in [-0.25, -0.2) is 0 Å². The second-order valence-corrected chi connectivity index (χ2v) is 10.4. The summed E-state index contributed by atoms with van der Waals surface area (Å²) in [5, 5.41) is 2.41. The molecule has 1 aromatic heterocycles. The second kappa shape index (κ2) is 12.3. The van der Waals surface area contributed by atoms with Crippen molar-refractivity contribution in [2.75, 3.05) is 0 Å². The van der Waals surface area contributed by atoms with Crippen molar-refractivity contribution < 1.29 is 0 Å². The van der Waals surface area contributed by atoms with E-state index in [2.05, 4.69) is 87.9 Å². The molecule has 176 valence electrons. The van der Waals surface area contributed by atoms with Gasteiger partial charge in [-0.3, -0.25) is 0 Å². The van der Waals surface area contributed by atoms with Crippen molar-refractivity contribution in [3.8, 4) is 18.0 Å². The summed E-state index contributed by atoms with van der Waals surface area (Å²) in [6.45, 7) is 2.28. The van der Waals surface area contributed by atoms with Gasteiger partial charge in [0.2, 0.25) is 0 Å². The summed E-state index contributed by atoms with van der Waals surface area (Å²) >= 11 is 3.64. The molecule has 0 bridgehead atoms. The molecular formula is C32H36BrN. The Morgan fingerprint density at radius 3 is 1.94 bits per heavy atom. The Balaban J connectivity index is 1.39. The molecule has 0 saturated heterocycles. The highest BCUT2D eigenvalue weighted by Crippen LogP contribution is 2.34. The molecule has 0 aliphatic heterocycles. The van der Waals surface area contributed by atoms with Gasteiger partial charge in [0.05, 0.1) is 11.0 Å². The lowest BCUT2D eigenvalue weighted by molar-refractivity contribution is 0.556. The van der Waals surface area contributed by atoms with E-state index < -0.39 is 0 Å². The first-order valence-electron chi connectivity index (χ1n) is 13.0. The Bertz CT molecular complexity index is 1260. The lowest BCUT2D eigenvalue weighted by Gasteiger charge is -2.09. The summed E-state index contributed by atoms with van der Waals surface area (Å²) in [7, 11) is 0. The molecule has 0 saturated carbocycles. The van der Waals surface area contributed by atoms with Crippen LogP contribution >= 0.6 is 15.9 Å². The molecule has 3 aromatic carbocycles. The average Bonchev–Trinajstić information content (AvgIpc) is 3.18. The lowest BCUT2D eigenvalue weighted by Crippen LogP contribution is -1.95. The van der Waals surface area contributed by atoms with Crippen molar-refractivity contribution in [3.63, 3.8) is 0 Å². The van der Waals surface area contributed by atoms with E-state index in [1.165, 1.54) is 104 Å². The molecule has 4 aromatic rings. The monoisotopic (exact) mass is 513 g/mol. The minimum absolute atomic E-state index is 0.915. The van der Waals surface area contributed by atoms with E-state index in [0.29, 0.717) is 0 Å². The predicted molar refractivity (Wildman–Crippen MR) is 152 cm³/mol. The number of aromatic nitrogens is 1. The number of aryl methyl sites for hydroxylation is 1. The highest BCUT2D eigenvalue weighted by Gasteiger charge is 2.13. The van der Waals surface area contributed by atoms with Gasteiger partial charge in [0.1, 0.15) is 0 Å². The van der Waals surface area contributed by atoms with Crippen LogP contribution in [0.15, 0.2) is 65.1 Å². The molecule has 4 rings (SSSR count). The van der Waals surface area contributed by atoms with Crippen LogP contribution in [0.5, 0.6) is 0 Å². The van der Waals surface area contributed by atoms with Crippen LogP contribution < -0.4 is 0 Å². The predicted octanol–water partition coefficient (Wildman–Crippen LogP) is 9.99. The molecular weight excluding hydrogens is 478 g/mol. The van der Waals surface area contributed by atoms with Gasteiger partial charge < -0.3 is 4.57 Å². The lowest BCUT2D eigenvalue weighted by atomic mass is 10.0. The van der Waals surface area contributed by atoms with Gasteiger partial charge in [-0.2, -0.15) is 0 Å². The first-order valence-corrected chi connectivity index (χ1v) is 13.8. The smallest absolute Gasteiger partial charge is 0.0541 e. The summed E-state index contributed by atoms with van der Waals surface area (Å²) in [4.78, 5) is 0. The highest BCUT2D eigenvalue weighted by molar-refractivity contribution is 9.10. The third-order valence-electron chi connectivity index (χ3n) is 6.91. The van der Waals surface area contributed by atoms with Gasteiger partial charge in [-0.1, -0.05) is 98.7 Å². The Labute approximate surface area is 213 Å². The molecule has 0 unspecified atom stereocenters. The van der Waals surface area contributed by atoms with Crippen molar-refractivity contribution >= 4 is 37.7 Å². The quantitative estimate of drug-likeness (QED) is 0.131. The van der Waals surface area contributed by atoms with E-state index in [1.54, 1.807) is 0 Å². The molecule has 0 N–H and O–H groups in total. The van der Waals surface area contributed by atoms with E-state index in [-0.39, 0.29) is 0 Å². The Morgan fingerprint density at radius 2 is 1.29 bits per heavy atom. The SMILES string of the molecule is C#Cc1ccc2c(c1)c1cc(Br)ccc1n2-c1ccc(CCCCCCCCCCCC)cc1. The molecule has 2 heteroatoms. The van der Waals surface area contributed by atoms with E-state index in [9.17, 15) is 0 Å². The van der Waals surface area contributed by atoms with Crippen LogP contribution in [0.2, 0.25) is 0 Å². The zero-order valence-electron chi connectivity index (χ0n) is 20.5. The van der Waals surface area contributed by atoms with Crippen LogP contribution in [0, 0.1) is 12.3 Å².